The molecule has 1 aromatic carbocycles. The van der Waals surface area contributed by atoms with Crippen LogP contribution in [0.5, 0.6) is 0 Å². The number of benzene rings is 1. The van der Waals surface area contributed by atoms with Crippen molar-refractivity contribution in [2.75, 3.05) is 13.1 Å². The van der Waals surface area contributed by atoms with E-state index in [9.17, 15) is 35.2 Å². The predicted molar refractivity (Wildman–Crippen MR) is 65.2 cm³/mol. The maximum Gasteiger partial charge on any atom is 0.390 e. The van der Waals surface area contributed by atoms with Gasteiger partial charge in [0, 0.05) is 6.54 Å². The molecule has 1 aromatic rings. The van der Waals surface area contributed by atoms with Crippen LogP contribution in [0.1, 0.15) is 6.42 Å². The number of hydrogen-bond acceptors (Lipinski definition) is 3. The van der Waals surface area contributed by atoms with Crippen LogP contribution in [-0.2, 0) is 14.8 Å². The standard InChI is InChI=1S/C11H11F5N2O3S/c12-7-2-1-3-8(13)10(7)22(20,21)18-6-9(19)17-5-4-11(14,15)16/h1-3,18H,4-6H2,(H,17,19). The van der Waals surface area contributed by atoms with E-state index in [0.29, 0.717) is 12.1 Å². The number of hydrogen-bond donors (Lipinski definition) is 2. The first-order valence-electron chi connectivity index (χ1n) is 5.80. The first kappa shape index (κ1) is 18.3. The van der Waals surface area contributed by atoms with Crippen LogP contribution in [0.2, 0.25) is 0 Å². The number of sulfonamides is 1. The topological polar surface area (TPSA) is 75.3 Å². The van der Waals surface area contributed by atoms with Gasteiger partial charge in [0.15, 0.2) is 4.90 Å². The molecule has 0 saturated heterocycles. The number of carbonyl (C=O) groups excluding carboxylic acids is 1. The highest BCUT2D eigenvalue weighted by Gasteiger charge is 2.27. The molecule has 124 valence electrons. The maximum absolute atomic E-state index is 13.3. The molecule has 11 heteroatoms. The van der Waals surface area contributed by atoms with Gasteiger partial charge in [-0.05, 0) is 12.1 Å². The van der Waals surface area contributed by atoms with Crippen molar-refractivity contribution in [2.24, 2.45) is 0 Å². The summed E-state index contributed by atoms with van der Waals surface area (Å²) in [6.07, 6.45) is -5.75. The Kier molecular flexibility index (Phi) is 5.83. The smallest absolute Gasteiger partial charge is 0.355 e. The van der Waals surface area contributed by atoms with Crippen LogP contribution in [-0.4, -0.2) is 33.6 Å². The average molecular weight is 346 g/mol. The number of amides is 1. The molecular weight excluding hydrogens is 335 g/mol. The molecule has 0 heterocycles. The molecule has 0 aromatic heterocycles. The summed E-state index contributed by atoms with van der Waals surface area (Å²) in [7, 11) is -4.65. The summed E-state index contributed by atoms with van der Waals surface area (Å²) in [6.45, 7) is -1.69. The number of rotatable bonds is 6. The van der Waals surface area contributed by atoms with Crippen LogP contribution >= 0.6 is 0 Å². The van der Waals surface area contributed by atoms with Crippen molar-refractivity contribution in [3.63, 3.8) is 0 Å². The highest BCUT2D eigenvalue weighted by molar-refractivity contribution is 7.89. The van der Waals surface area contributed by atoms with E-state index in [0.717, 1.165) is 6.07 Å². The number of nitrogens with one attached hydrogen (secondary N) is 2. The summed E-state index contributed by atoms with van der Waals surface area (Å²) in [4.78, 5) is 9.92. The van der Waals surface area contributed by atoms with Gasteiger partial charge < -0.3 is 5.32 Å². The fraction of sp³-hybridized carbons (Fsp3) is 0.364. The lowest BCUT2D eigenvalue weighted by molar-refractivity contribution is -0.135. The summed E-state index contributed by atoms with van der Waals surface area (Å²) >= 11 is 0. The van der Waals surface area contributed by atoms with Crippen LogP contribution in [0.15, 0.2) is 23.1 Å². The summed E-state index contributed by atoms with van der Waals surface area (Å²) in [5.41, 5.74) is 0. The molecule has 0 bridgehead atoms. The van der Waals surface area contributed by atoms with Gasteiger partial charge in [0.05, 0.1) is 13.0 Å². The van der Waals surface area contributed by atoms with Crippen molar-refractivity contribution < 1.29 is 35.2 Å². The van der Waals surface area contributed by atoms with Gasteiger partial charge in [0.25, 0.3) is 0 Å². The van der Waals surface area contributed by atoms with Crippen molar-refractivity contribution >= 4 is 15.9 Å². The van der Waals surface area contributed by atoms with E-state index in [1.807, 2.05) is 5.32 Å². The van der Waals surface area contributed by atoms with Gasteiger partial charge in [-0.3, -0.25) is 4.79 Å². The number of alkyl halides is 3. The maximum atomic E-state index is 13.3. The van der Waals surface area contributed by atoms with Crippen molar-refractivity contribution in [2.45, 2.75) is 17.5 Å². The van der Waals surface area contributed by atoms with Crippen LogP contribution < -0.4 is 10.0 Å². The molecule has 0 aliphatic heterocycles. The Balaban J connectivity index is 2.62. The zero-order chi connectivity index (χ0) is 17.0. The van der Waals surface area contributed by atoms with Crippen LogP contribution in [0, 0.1) is 11.6 Å². The highest BCUT2D eigenvalue weighted by Crippen LogP contribution is 2.18. The van der Waals surface area contributed by atoms with Crippen LogP contribution in [0.25, 0.3) is 0 Å². The van der Waals surface area contributed by atoms with Gasteiger partial charge in [-0.2, -0.15) is 13.2 Å². The lowest BCUT2D eigenvalue weighted by Gasteiger charge is -2.10. The Hall–Kier alpha value is -1.75. The van der Waals surface area contributed by atoms with E-state index < -0.39 is 58.1 Å². The summed E-state index contributed by atoms with van der Waals surface area (Å²) in [5.74, 6) is -3.78. The molecule has 1 amide bonds. The van der Waals surface area contributed by atoms with Gasteiger partial charge in [0.1, 0.15) is 11.6 Å². The predicted octanol–water partition coefficient (Wildman–Crippen LogP) is 1.31. The zero-order valence-corrected chi connectivity index (χ0v) is 11.7. The van der Waals surface area contributed by atoms with Gasteiger partial charge in [-0.25, -0.2) is 21.9 Å². The fourth-order valence-electron chi connectivity index (χ4n) is 1.38. The third kappa shape index (κ3) is 5.56. The molecule has 0 unspecified atom stereocenters. The third-order valence-electron chi connectivity index (χ3n) is 2.34. The van der Waals surface area contributed by atoms with Gasteiger partial charge in [0.2, 0.25) is 15.9 Å². The molecule has 1 rings (SSSR count). The largest absolute Gasteiger partial charge is 0.390 e. The summed E-state index contributed by atoms with van der Waals surface area (Å²) in [5, 5.41) is 1.82. The van der Waals surface area contributed by atoms with E-state index in [1.165, 1.54) is 0 Å². The van der Waals surface area contributed by atoms with E-state index in [2.05, 4.69) is 0 Å². The van der Waals surface area contributed by atoms with E-state index in [1.54, 1.807) is 4.72 Å². The molecule has 0 aliphatic carbocycles. The lowest BCUT2D eigenvalue weighted by atomic mass is 10.3. The Morgan fingerprint density at radius 2 is 1.68 bits per heavy atom. The van der Waals surface area contributed by atoms with Crippen molar-refractivity contribution in [1.29, 1.82) is 0 Å². The number of halogens is 5. The Morgan fingerprint density at radius 3 is 2.18 bits per heavy atom. The second kappa shape index (κ2) is 7.01. The second-order valence-corrected chi connectivity index (χ2v) is 5.79. The van der Waals surface area contributed by atoms with Crippen LogP contribution in [0.4, 0.5) is 22.0 Å². The third-order valence-corrected chi connectivity index (χ3v) is 3.79. The quantitative estimate of drug-likeness (QED) is 0.763. The fourth-order valence-corrected chi connectivity index (χ4v) is 2.49. The SMILES string of the molecule is O=C(CNS(=O)(=O)c1c(F)cccc1F)NCCC(F)(F)F. The number of carbonyl (C=O) groups is 1. The molecule has 22 heavy (non-hydrogen) atoms. The molecular formula is C11H11F5N2O3S. The van der Waals surface area contributed by atoms with Crippen LogP contribution in [0.3, 0.4) is 0 Å². The van der Waals surface area contributed by atoms with E-state index in [4.69, 9.17) is 0 Å². The molecule has 5 nitrogen and oxygen atoms in total. The Labute approximate surface area is 122 Å². The zero-order valence-electron chi connectivity index (χ0n) is 10.9. The van der Waals surface area contributed by atoms with Crippen molar-refractivity contribution in [3.8, 4) is 0 Å². The first-order valence-corrected chi connectivity index (χ1v) is 7.28. The van der Waals surface area contributed by atoms with Crippen molar-refractivity contribution in [1.82, 2.24) is 10.0 Å². The monoisotopic (exact) mass is 346 g/mol. The second-order valence-electron chi connectivity index (χ2n) is 4.09. The minimum atomic E-state index is -4.65. The van der Waals surface area contributed by atoms with E-state index in [-0.39, 0.29) is 0 Å². The minimum absolute atomic E-state index is 0.709. The molecule has 0 spiro atoms. The molecule has 0 fully saturated rings. The summed E-state index contributed by atoms with van der Waals surface area (Å²) in [6, 6.07) is 2.37. The average Bonchev–Trinajstić information content (AvgIpc) is 2.34. The molecule has 0 atom stereocenters. The summed E-state index contributed by atoms with van der Waals surface area (Å²) < 4.78 is 87.1. The van der Waals surface area contributed by atoms with Crippen molar-refractivity contribution in [3.05, 3.63) is 29.8 Å². The van der Waals surface area contributed by atoms with Gasteiger partial charge in [-0.1, -0.05) is 6.07 Å². The minimum Gasteiger partial charge on any atom is -0.355 e. The lowest BCUT2D eigenvalue weighted by Crippen LogP contribution is -2.38. The molecule has 2 N–H and O–H groups in total. The molecule has 0 aliphatic rings. The first-order chi connectivity index (χ1) is 10.0. The molecule has 0 radical (unpaired) electrons. The van der Waals surface area contributed by atoms with Gasteiger partial charge >= 0.3 is 6.18 Å². The molecule has 0 saturated carbocycles. The van der Waals surface area contributed by atoms with E-state index >= 15 is 0 Å². The Bertz CT molecular complexity index is 625. The normalized spacial score (nSPS) is 12.2. The Morgan fingerprint density at radius 1 is 1.14 bits per heavy atom. The van der Waals surface area contributed by atoms with Gasteiger partial charge in [-0.15, -0.1) is 0 Å². The highest BCUT2D eigenvalue weighted by atomic mass is 32.2.